The molecule has 1 aliphatic carbocycles. The van der Waals surface area contributed by atoms with E-state index >= 15 is 0 Å². The zero-order valence-electron chi connectivity index (χ0n) is 13.3. The Labute approximate surface area is 125 Å². The number of likely N-dealkylation sites (N-methyl/N-ethyl adjacent to an activating group) is 1. The molecule has 1 atom stereocenters. The summed E-state index contributed by atoms with van der Waals surface area (Å²) in [5.74, 6) is 2.65. The van der Waals surface area contributed by atoms with Crippen LogP contribution in [0, 0.1) is 11.8 Å². The van der Waals surface area contributed by atoms with Crippen molar-refractivity contribution in [2.24, 2.45) is 11.8 Å². The molecule has 1 nitrogen and oxygen atoms in total. The van der Waals surface area contributed by atoms with Crippen molar-refractivity contribution in [3.05, 3.63) is 35.9 Å². The number of benzene rings is 1. The van der Waals surface area contributed by atoms with Gasteiger partial charge >= 0.3 is 0 Å². The van der Waals surface area contributed by atoms with Crippen LogP contribution in [0.4, 0.5) is 0 Å². The van der Waals surface area contributed by atoms with E-state index in [2.05, 4.69) is 49.5 Å². The van der Waals surface area contributed by atoms with Crippen molar-refractivity contribution in [2.45, 2.75) is 58.3 Å². The smallest absolute Gasteiger partial charge is 0.00201 e. The molecule has 0 amide bonds. The highest BCUT2D eigenvalue weighted by Gasteiger charge is 2.23. The zero-order chi connectivity index (χ0) is 14.2. The van der Waals surface area contributed by atoms with Crippen molar-refractivity contribution >= 4 is 0 Å². The SMILES string of the molecule is CCNCC(CC1CCC(CC)CC1)c1ccccc1. The fourth-order valence-corrected chi connectivity index (χ4v) is 3.66. The third-order valence-electron chi connectivity index (χ3n) is 5.07. The lowest BCUT2D eigenvalue weighted by atomic mass is 9.76. The molecule has 1 unspecified atom stereocenters. The summed E-state index contributed by atoms with van der Waals surface area (Å²) < 4.78 is 0. The summed E-state index contributed by atoms with van der Waals surface area (Å²) in [5, 5.41) is 3.56. The second kappa shape index (κ2) is 8.46. The predicted octanol–water partition coefficient (Wildman–Crippen LogP) is 4.99. The first-order valence-electron chi connectivity index (χ1n) is 8.59. The van der Waals surface area contributed by atoms with E-state index in [-0.39, 0.29) is 0 Å². The van der Waals surface area contributed by atoms with Crippen LogP contribution in [0.3, 0.4) is 0 Å². The molecule has 1 aliphatic rings. The molecule has 1 heteroatoms. The Kier molecular flexibility index (Phi) is 6.59. The van der Waals surface area contributed by atoms with Crippen LogP contribution < -0.4 is 5.32 Å². The maximum Gasteiger partial charge on any atom is 0.00201 e. The molecular weight excluding hydrogens is 242 g/mol. The fourth-order valence-electron chi connectivity index (χ4n) is 3.66. The van der Waals surface area contributed by atoms with Crippen LogP contribution in [0.15, 0.2) is 30.3 Å². The van der Waals surface area contributed by atoms with Gasteiger partial charge in [-0.25, -0.2) is 0 Å². The Hall–Kier alpha value is -0.820. The van der Waals surface area contributed by atoms with E-state index in [9.17, 15) is 0 Å². The van der Waals surface area contributed by atoms with Gasteiger partial charge in [0.05, 0.1) is 0 Å². The average Bonchev–Trinajstić information content (AvgIpc) is 2.53. The summed E-state index contributed by atoms with van der Waals surface area (Å²) in [6.45, 7) is 6.76. The Morgan fingerprint density at radius 1 is 1.00 bits per heavy atom. The molecule has 1 aromatic rings. The lowest BCUT2D eigenvalue weighted by Gasteiger charge is -2.31. The minimum absolute atomic E-state index is 0.694. The highest BCUT2D eigenvalue weighted by molar-refractivity contribution is 5.20. The maximum atomic E-state index is 3.56. The number of rotatable bonds is 7. The van der Waals surface area contributed by atoms with Crippen molar-refractivity contribution in [3.8, 4) is 0 Å². The van der Waals surface area contributed by atoms with E-state index < -0.39 is 0 Å². The minimum Gasteiger partial charge on any atom is -0.316 e. The predicted molar refractivity (Wildman–Crippen MR) is 88.1 cm³/mol. The largest absolute Gasteiger partial charge is 0.316 e. The quantitative estimate of drug-likeness (QED) is 0.738. The van der Waals surface area contributed by atoms with Crippen molar-refractivity contribution in [1.29, 1.82) is 0 Å². The van der Waals surface area contributed by atoms with Gasteiger partial charge < -0.3 is 5.32 Å². The zero-order valence-corrected chi connectivity index (χ0v) is 13.3. The molecule has 1 aromatic carbocycles. The first-order valence-corrected chi connectivity index (χ1v) is 8.59. The summed E-state index contributed by atoms with van der Waals surface area (Å²) in [7, 11) is 0. The van der Waals surface area contributed by atoms with Gasteiger partial charge in [-0.15, -0.1) is 0 Å². The van der Waals surface area contributed by atoms with Crippen LogP contribution in [-0.2, 0) is 0 Å². The third kappa shape index (κ3) is 4.63. The van der Waals surface area contributed by atoms with E-state index in [0.29, 0.717) is 5.92 Å². The van der Waals surface area contributed by atoms with Gasteiger partial charge in [0.2, 0.25) is 0 Å². The number of nitrogens with one attached hydrogen (secondary N) is 1. The summed E-state index contributed by atoms with van der Waals surface area (Å²) >= 11 is 0. The molecule has 0 aliphatic heterocycles. The Bertz CT molecular complexity index is 351. The third-order valence-corrected chi connectivity index (χ3v) is 5.07. The summed E-state index contributed by atoms with van der Waals surface area (Å²) in [5.41, 5.74) is 1.52. The molecule has 1 fully saturated rings. The Balaban J connectivity index is 1.91. The van der Waals surface area contributed by atoms with Gasteiger partial charge in [-0.1, -0.05) is 76.3 Å². The number of hydrogen-bond donors (Lipinski definition) is 1. The van der Waals surface area contributed by atoms with E-state index in [1.807, 2.05) is 0 Å². The summed E-state index contributed by atoms with van der Waals surface area (Å²) in [6, 6.07) is 11.1. The number of hydrogen-bond acceptors (Lipinski definition) is 1. The molecule has 0 heterocycles. The lowest BCUT2D eigenvalue weighted by Crippen LogP contribution is -2.24. The van der Waals surface area contributed by atoms with Gasteiger partial charge in [0.15, 0.2) is 0 Å². The minimum atomic E-state index is 0.694. The van der Waals surface area contributed by atoms with Crippen molar-refractivity contribution in [2.75, 3.05) is 13.1 Å². The van der Waals surface area contributed by atoms with E-state index in [1.54, 1.807) is 0 Å². The molecule has 0 radical (unpaired) electrons. The van der Waals surface area contributed by atoms with Crippen LogP contribution in [0.1, 0.15) is 63.9 Å². The van der Waals surface area contributed by atoms with Gasteiger partial charge in [-0.3, -0.25) is 0 Å². The summed E-state index contributed by atoms with van der Waals surface area (Å²) in [6.07, 6.45) is 8.58. The standard InChI is InChI=1S/C19H31N/c1-3-16-10-12-17(13-11-16)14-19(15-20-4-2)18-8-6-5-7-9-18/h5-9,16-17,19-20H,3-4,10-15H2,1-2H3. The molecule has 0 spiro atoms. The average molecular weight is 273 g/mol. The van der Waals surface area contributed by atoms with Crippen molar-refractivity contribution < 1.29 is 0 Å². The first kappa shape index (κ1) is 15.6. The van der Waals surface area contributed by atoms with Gasteiger partial charge in [0, 0.05) is 6.54 Å². The molecule has 0 aromatic heterocycles. The molecule has 2 rings (SSSR count). The van der Waals surface area contributed by atoms with Crippen molar-refractivity contribution in [1.82, 2.24) is 5.32 Å². The second-order valence-corrected chi connectivity index (χ2v) is 6.45. The van der Waals surface area contributed by atoms with Gasteiger partial charge in [0.25, 0.3) is 0 Å². The topological polar surface area (TPSA) is 12.0 Å². The molecule has 1 saturated carbocycles. The van der Waals surface area contributed by atoms with E-state index in [1.165, 1.54) is 44.1 Å². The molecule has 20 heavy (non-hydrogen) atoms. The fraction of sp³-hybridized carbons (Fsp3) is 0.684. The monoisotopic (exact) mass is 273 g/mol. The Morgan fingerprint density at radius 3 is 2.25 bits per heavy atom. The van der Waals surface area contributed by atoms with Gasteiger partial charge in [-0.05, 0) is 36.3 Å². The highest BCUT2D eigenvalue weighted by Crippen LogP contribution is 2.36. The van der Waals surface area contributed by atoms with Crippen molar-refractivity contribution in [3.63, 3.8) is 0 Å². The maximum absolute atomic E-state index is 3.56. The molecular formula is C19H31N. The normalized spacial score (nSPS) is 24.5. The van der Waals surface area contributed by atoms with Crippen LogP contribution in [0.25, 0.3) is 0 Å². The Morgan fingerprint density at radius 2 is 1.65 bits per heavy atom. The van der Waals surface area contributed by atoms with Crippen LogP contribution in [-0.4, -0.2) is 13.1 Å². The molecule has 112 valence electrons. The van der Waals surface area contributed by atoms with Gasteiger partial charge in [0.1, 0.15) is 0 Å². The summed E-state index contributed by atoms with van der Waals surface area (Å²) in [4.78, 5) is 0. The first-order chi connectivity index (χ1) is 9.83. The van der Waals surface area contributed by atoms with Crippen LogP contribution >= 0.6 is 0 Å². The lowest BCUT2D eigenvalue weighted by molar-refractivity contribution is 0.246. The second-order valence-electron chi connectivity index (χ2n) is 6.45. The highest BCUT2D eigenvalue weighted by atomic mass is 14.8. The van der Waals surface area contributed by atoms with Gasteiger partial charge in [-0.2, -0.15) is 0 Å². The van der Waals surface area contributed by atoms with Crippen LogP contribution in [0.2, 0.25) is 0 Å². The van der Waals surface area contributed by atoms with E-state index in [4.69, 9.17) is 0 Å². The molecule has 1 N–H and O–H groups in total. The molecule has 0 bridgehead atoms. The van der Waals surface area contributed by atoms with E-state index in [0.717, 1.165) is 24.9 Å². The molecule has 0 saturated heterocycles. The van der Waals surface area contributed by atoms with Crippen LogP contribution in [0.5, 0.6) is 0 Å².